The zero-order chi connectivity index (χ0) is 10.2. The number of hydrogen-bond acceptors (Lipinski definition) is 0. The fourth-order valence-electron chi connectivity index (χ4n) is 1.10. The average Bonchev–Trinajstić information content (AvgIpc) is 1.94. The molecule has 3 heteroatoms. The van der Waals surface area contributed by atoms with E-state index < -0.39 is 0 Å². The van der Waals surface area contributed by atoms with Gasteiger partial charge < -0.3 is 0 Å². The Balaban J connectivity index is 3.32. The monoisotopic (exact) mass is 512 g/mol. The Bertz CT molecular complexity index is 324. The van der Waals surface area contributed by atoms with Gasteiger partial charge in [-0.1, -0.05) is 20.8 Å². The molecule has 0 radical (unpaired) electrons. The SMILES string of the molecule is CC(C)(C)c1cc(I)c(I)cc1I. The minimum Gasteiger partial charge on any atom is -0.0560 e. The topological polar surface area (TPSA) is 0 Å². The van der Waals surface area contributed by atoms with E-state index in [4.69, 9.17) is 0 Å². The van der Waals surface area contributed by atoms with E-state index in [2.05, 4.69) is 101 Å². The third kappa shape index (κ3) is 3.19. The van der Waals surface area contributed by atoms with E-state index in [1.54, 1.807) is 0 Å². The molecule has 0 heterocycles. The second-order valence-corrected chi connectivity index (χ2v) is 7.48. The Hall–Kier alpha value is 1.41. The maximum Gasteiger partial charge on any atom is 0.0274 e. The minimum absolute atomic E-state index is 0.251. The largest absolute Gasteiger partial charge is 0.0560 e. The van der Waals surface area contributed by atoms with Crippen molar-refractivity contribution in [2.75, 3.05) is 0 Å². The van der Waals surface area contributed by atoms with Crippen LogP contribution in [-0.4, -0.2) is 0 Å². The van der Waals surface area contributed by atoms with Gasteiger partial charge in [0, 0.05) is 10.7 Å². The van der Waals surface area contributed by atoms with E-state index in [1.165, 1.54) is 16.3 Å². The van der Waals surface area contributed by atoms with E-state index in [1.807, 2.05) is 0 Å². The summed E-state index contributed by atoms with van der Waals surface area (Å²) in [5.74, 6) is 0. The van der Waals surface area contributed by atoms with Crippen LogP contribution >= 0.6 is 67.8 Å². The molecule has 1 aromatic carbocycles. The quantitative estimate of drug-likeness (QED) is 0.347. The van der Waals surface area contributed by atoms with Crippen molar-refractivity contribution in [3.63, 3.8) is 0 Å². The molecule has 0 N–H and O–H groups in total. The first-order valence-corrected chi connectivity index (χ1v) is 7.21. The molecule has 0 unspecified atom stereocenters. The first kappa shape index (κ1) is 12.5. The summed E-state index contributed by atoms with van der Waals surface area (Å²) < 4.78 is 4.06. The standard InChI is InChI=1S/C10H11I3/c1-10(2,3)6-4-8(12)9(13)5-7(6)11/h4-5H,1-3H3. The molecule has 1 rings (SSSR count). The van der Waals surface area contributed by atoms with Crippen molar-refractivity contribution in [1.29, 1.82) is 0 Å². The summed E-state index contributed by atoms with van der Waals surface area (Å²) >= 11 is 7.20. The molecule has 0 aromatic heterocycles. The molecule has 0 saturated carbocycles. The predicted molar refractivity (Wildman–Crippen MR) is 83.3 cm³/mol. The van der Waals surface area contributed by atoms with Gasteiger partial charge in [0.1, 0.15) is 0 Å². The molecular formula is C10H11I3. The van der Waals surface area contributed by atoms with E-state index >= 15 is 0 Å². The van der Waals surface area contributed by atoms with Gasteiger partial charge in [0.2, 0.25) is 0 Å². The Morgan fingerprint density at radius 3 is 1.77 bits per heavy atom. The maximum atomic E-state index is 2.42. The smallest absolute Gasteiger partial charge is 0.0274 e. The molecule has 0 saturated heterocycles. The van der Waals surface area contributed by atoms with Crippen molar-refractivity contribution in [2.45, 2.75) is 26.2 Å². The highest BCUT2D eigenvalue weighted by molar-refractivity contribution is 14.1. The van der Waals surface area contributed by atoms with Crippen molar-refractivity contribution >= 4 is 67.8 Å². The Labute approximate surface area is 121 Å². The van der Waals surface area contributed by atoms with Gasteiger partial charge in [-0.15, -0.1) is 0 Å². The van der Waals surface area contributed by atoms with Crippen LogP contribution in [-0.2, 0) is 5.41 Å². The lowest BCUT2D eigenvalue weighted by Gasteiger charge is -2.21. The van der Waals surface area contributed by atoms with Crippen LogP contribution in [0.4, 0.5) is 0 Å². The summed E-state index contributed by atoms with van der Waals surface area (Å²) in [4.78, 5) is 0. The van der Waals surface area contributed by atoms with Crippen molar-refractivity contribution < 1.29 is 0 Å². The van der Waals surface area contributed by atoms with Gasteiger partial charge in [0.15, 0.2) is 0 Å². The summed E-state index contributed by atoms with van der Waals surface area (Å²) in [7, 11) is 0. The van der Waals surface area contributed by atoms with Gasteiger partial charge in [0.05, 0.1) is 0 Å². The van der Waals surface area contributed by atoms with Crippen LogP contribution in [0.1, 0.15) is 26.3 Å². The molecule has 72 valence electrons. The molecule has 0 aliphatic carbocycles. The van der Waals surface area contributed by atoms with Crippen LogP contribution in [0, 0.1) is 10.7 Å². The zero-order valence-corrected chi connectivity index (χ0v) is 14.3. The van der Waals surface area contributed by atoms with E-state index in [0.717, 1.165) is 0 Å². The van der Waals surface area contributed by atoms with Crippen molar-refractivity contribution in [3.05, 3.63) is 28.4 Å². The molecule has 0 amide bonds. The third-order valence-corrected chi connectivity index (χ3v) is 5.53. The van der Waals surface area contributed by atoms with Crippen molar-refractivity contribution in [2.24, 2.45) is 0 Å². The number of hydrogen-bond donors (Lipinski definition) is 0. The molecule has 1 aromatic rings. The Kier molecular flexibility index (Phi) is 4.33. The summed E-state index contributed by atoms with van der Waals surface area (Å²) in [5.41, 5.74) is 1.69. The maximum absolute atomic E-state index is 2.42. The number of benzene rings is 1. The van der Waals surface area contributed by atoms with Crippen LogP contribution in [0.5, 0.6) is 0 Å². The molecule has 0 fully saturated rings. The Morgan fingerprint density at radius 1 is 0.846 bits per heavy atom. The molecule has 0 bridgehead atoms. The van der Waals surface area contributed by atoms with Crippen LogP contribution in [0.3, 0.4) is 0 Å². The van der Waals surface area contributed by atoms with Crippen molar-refractivity contribution in [1.82, 2.24) is 0 Å². The normalized spacial score (nSPS) is 11.8. The molecule has 13 heavy (non-hydrogen) atoms. The highest BCUT2D eigenvalue weighted by atomic mass is 127. The minimum atomic E-state index is 0.251. The van der Waals surface area contributed by atoms with Gasteiger partial charge in [0.25, 0.3) is 0 Å². The second-order valence-electron chi connectivity index (χ2n) is 4.00. The van der Waals surface area contributed by atoms with Crippen molar-refractivity contribution in [3.8, 4) is 0 Å². The lowest BCUT2D eigenvalue weighted by molar-refractivity contribution is 0.586. The summed E-state index contributed by atoms with van der Waals surface area (Å²) in [6.45, 7) is 6.77. The molecule has 0 aliphatic rings. The van der Waals surface area contributed by atoms with Gasteiger partial charge in [-0.05, 0) is 90.9 Å². The molecule has 0 spiro atoms. The second kappa shape index (κ2) is 4.51. The number of rotatable bonds is 0. The molecule has 0 nitrogen and oxygen atoms in total. The van der Waals surface area contributed by atoms with Gasteiger partial charge in [-0.2, -0.15) is 0 Å². The molecular weight excluding hydrogens is 501 g/mol. The van der Waals surface area contributed by atoms with E-state index in [0.29, 0.717) is 0 Å². The highest BCUT2D eigenvalue weighted by Crippen LogP contribution is 2.30. The first-order valence-electron chi connectivity index (χ1n) is 3.97. The number of halogens is 3. The fourth-order valence-corrected chi connectivity index (χ4v) is 3.90. The van der Waals surface area contributed by atoms with Crippen LogP contribution in [0.2, 0.25) is 0 Å². The van der Waals surface area contributed by atoms with Crippen LogP contribution in [0.25, 0.3) is 0 Å². The van der Waals surface area contributed by atoms with Gasteiger partial charge in [-0.3, -0.25) is 0 Å². The molecule has 0 aliphatic heterocycles. The highest BCUT2D eigenvalue weighted by Gasteiger charge is 2.18. The predicted octanol–water partition coefficient (Wildman–Crippen LogP) is 4.80. The van der Waals surface area contributed by atoms with E-state index in [9.17, 15) is 0 Å². The van der Waals surface area contributed by atoms with Crippen LogP contribution in [0.15, 0.2) is 12.1 Å². The summed E-state index contributed by atoms with van der Waals surface area (Å²) in [6.07, 6.45) is 0. The van der Waals surface area contributed by atoms with Gasteiger partial charge in [-0.25, -0.2) is 0 Å². The average molecular weight is 512 g/mol. The fraction of sp³-hybridized carbons (Fsp3) is 0.400. The summed E-state index contributed by atoms with van der Waals surface area (Å²) in [5, 5.41) is 0. The third-order valence-electron chi connectivity index (χ3n) is 1.82. The first-order chi connectivity index (χ1) is 5.82. The van der Waals surface area contributed by atoms with E-state index in [-0.39, 0.29) is 5.41 Å². The lowest BCUT2D eigenvalue weighted by Crippen LogP contribution is -2.13. The zero-order valence-electron chi connectivity index (χ0n) is 7.79. The Morgan fingerprint density at radius 2 is 1.31 bits per heavy atom. The molecule has 0 atom stereocenters. The van der Waals surface area contributed by atoms with Crippen LogP contribution < -0.4 is 0 Å². The lowest BCUT2D eigenvalue weighted by atomic mass is 9.87. The summed E-state index contributed by atoms with van der Waals surface area (Å²) in [6, 6.07) is 4.55. The van der Waals surface area contributed by atoms with Gasteiger partial charge >= 0.3 is 0 Å².